The maximum atomic E-state index is 4.61. The Labute approximate surface area is 103 Å². The van der Waals surface area contributed by atoms with E-state index in [0.717, 1.165) is 23.4 Å². The number of rotatable bonds is 5. The number of fused-ring (bicyclic) bond motifs is 1. The summed E-state index contributed by atoms with van der Waals surface area (Å²) in [6.45, 7) is 6.52. The van der Waals surface area contributed by atoms with E-state index in [0.29, 0.717) is 5.92 Å². The van der Waals surface area contributed by atoms with E-state index in [-0.39, 0.29) is 0 Å². The largest absolute Gasteiger partial charge is 0.340 e. The third-order valence-electron chi connectivity index (χ3n) is 3.28. The SMILES string of the molecule is CCCCC(CC)c1nc2ncc(C)cc2[nH]1. The Bertz CT molecular complexity index is 487. The van der Waals surface area contributed by atoms with Gasteiger partial charge in [0.1, 0.15) is 5.82 Å². The quantitative estimate of drug-likeness (QED) is 0.846. The lowest BCUT2D eigenvalue weighted by Crippen LogP contribution is -1.99. The van der Waals surface area contributed by atoms with E-state index >= 15 is 0 Å². The van der Waals surface area contributed by atoms with Crippen LogP contribution in [0.3, 0.4) is 0 Å². The molecule has 0 saturated heterocycles. The van der Waals surface area contributed by atoms with Crippen LogP contribution in [0.1, 0.15) is 56.8 Å². The second-order valence-corrected chi connectivity index (χ2v) is 4.75. The summed E-state index contributed by atoms with van der Waals surface area (Å²) >= 11 is 0. The van der Waals surface area contributed by atoms with Gasteiger partial charge >= 0.3 is 0 Å². The van der Waals surface area contributed by atoms with Crippen LogP contribution in [0.2, 0.25) is 0 Å². The molecule has 3 heteroatoms. The number of nitrogens with one attached hydrogen (secondary N) is 1. The van der Waals surface area contributed by atoms with Crippen molar-refractivity contribution in [3.8, 4) is 0 Å². The molecule has 92 valence electrons. The molecular weight excluding hydrogens is 210 g/mol. The summed E-state index contributed by atoms with van der Waals surface area (Å²) in [5.41, 5.74) is 3.09. The lowest BCUT2D eigenvalue weighted by molar-refractivity contribution is 0.549. The minimum Gasteiger partial charge on any atom is -0.340 e. The first-order chi connectivity index (χ1) is 8.24. The fraction of sp³-hybridized carbons (Fsp3) is 0.571. The predicted octanol–water partition coefficient (Wildman–Crippen LogP) is 3.95. The third kappa shape index (κ3) is 2.65. The lowest BCUT2D eigenvalue weighted by Gasteiger charge is -2.10. The van der Waals surface area contributed by atoms with E-state index in [9.17, 15) is 0 Å². The monoisotopic (exact) mass is 231 g/mol. The molecule has 2 rings (SSSR count). The molecule has 0 aliphatic carbocycles. The Kier molecular flexibility index (Phi) is 3.77. The van der Waals surface area contributed by atoms with Crippen LogP contribution in [0.5, 0.6) is 0 Å². The molecule has 2 heterocycles. The molecule has 3 nitrogen and oxygen atoms in total. The number of hydrogen-bond acceptors (Lipinski definition) is 2. The molecule has 0 bridgehead atoms. The predicted molar refractivity (Wildman–Crippen MR) is 71.2 cm³/mol. The molecule has 0 aliphatic heterocycles. The Morgan fingerprint density at radius 1 is 1.35 bits per heavy atom. The van der Waals surface area contributed by atoms with Gasteiger partial charge < -0.3 is 4.98 Å². The molecule has 2 aromatic rings. The lowest BCUT2D eigenvalue weighted by atomic mass is 9.99. The number of H-pyrrole nitrogens is 1. The summed E-state index contributed by atoms with van der Waals surface area (Å²) in [6.07, 6.45) is 6.74. The van der Waals surface area contributed by atoms with Gasteiger partial charge in [0.05, 0.1) is 5.52 Å². The third-order valence-corrected chi connectivity index (χ3v) is 3.28. The average Bonchev–Trinajstić information content (AvgIpc) is 2.72. The molecule has 0 spiro atoms. The van der Waals surface area contributed by atoms with Crippen molar-refractivity contribution in [2.75, 3.05) is 0 Å². The Hall–Kier alpha value is -1.38. The first-order valence-electron chi connectivity index (χ1n) is 6.56. The van der Waals surface area contributed by atoms with Crippen LogP contribution in [-0.4, -0.2) is 15.0 Å². The summed E-state index contributed by atoms with van der Waals surface area (Å²) < 4.78 is 0. The van der Waals surface area contributed by atoms with Crippen molar-refractivity contribution < 1.29 is 0 Å². The molecule has 0 amide bonds. The van der Waals surface area contributed by atoms with Gasteiger partial charge in [0, 0.05) is 12.1 Å². The first kappa shape index (κ1) is 12.1. The van der Waals surface area contributed by atoms with E-state index in [2.05, 4.69) is 41.8 Å². The van der Waals surface area contributed by atoms with E-state index in [1.54, 1.807) is 0 Å². The Morgan fingerprint density at radius 3 is 2.88 bits per heavy atom. The number of nitrogens with zero attached hydrogens (tertiary/aromatic N) is 2. The first-order valence-corrected chi connectivity index (χ1v) is 6.56. The minimum absolute atomic E-state index is 0.546. The van der Waals surface area contributed by atoms with Gasteiger partial charge in [-0.3, -0.25) is 0 Å². The highest BCUT2D eigenvalue weighted by Crippen LogP contribution is 2.24. The number of unbranched alkanes of at least 4 members (excludes halogenated alkanes) is 1. The molecular formula is C14H21N3. The summed E-state index contributed by atoms with van der Waals surface area (Å²) in [6, 6.07) is 2.12. The normalized spacial score (nSPS) is 13.1. The molecule has 2 aromatic heterocycles. The zero-order valence-corrected chi connectivity index (χ0v) is 11.0. The van der Waals surface area contributed by atoms with Crippen molar-refractivity contribution in [1.82, 2.24) is 15.0 Å². The highest BCUT2D eigenvalue weighted by molar-refractivity contribution is 5.71. The summed E-state index contributed by atoms with van der Waals surface area (Å²) in [7, 11) is 0. The van der Waals surface area contributed by atoms with Crippen molar-refractivity contribution in [3.05, 3.63) is 23.7 Å². The summed E-state index contributed by atoms with van der Waals surface area (Å²) in [5.74, 6) is 1.65. The van der Waals surface area contributed by atoms with E-state index < -0.39 is 0 Å². The fourth-order valence-electron chi connectivity index (χ4n) is 2.20. The average molecular weight is 231 g/mol. The van der Waals surface area contributed by atoms with E-state index in [1.165, 1.54) is 24.8 Å². The molecule has 0 saturated carbocycles. The smallest absolute Gasteiger partial charge is 0.177 e. The van der Waals surface area contributed by atoms with Crippen molar-refractivity contribution >= 4 is 11.2 Å². The van der Waals surface area contributed by atoms with Crippen LogP contribution < -0.4 is 0 Å². The van der Waals surface area contributed by atoms with Gasteiger partial charge in [-0.2, -0.15) is 0 Å². The zero-order valence-electron chi connectivity index (χ0n) is 11.0. The van der Waals surface area contributed by atoms with Crippen LogP contribution in [0.15, 0.2) is 12.3 Å². The zero-order chi connectivity index (χ0) is 12.3. The summed E-state index contributed by atoms with van der Waals surface area (Å²) in [5, 5.41) is 0. The fourth-order valence-corrected chi connectivity index (χ4v) is 2.20. The second kappa shape index (κ2) is 5.30. The molecule has 0 aliphatic rings. The van der Waals surface area contributed by atoms with Crippen molar-refractivity contribution in [2.45, 2.75) is 52.4 Å². The Morgan fingerprint density at radius 2 is 2.18 bits per heavy atom. The number of pyridine rings is 1. The van der Waals surface area contributed by atoms with Crippen molar-refractivity contribution in [3.63, 3.8) is 0 Å². The van der Waals surface area contributed by atoms with Crippen molar-refractivity contribution in [2.24, 2.45) is 0 Å². The second-order valence-electron chi connectivity index (χ2n) is 4.75. The number of hydrogen-bond donors (Lipinski definition) is 1. The van der Waals surface area contributed by atoms with Gasteiger partial charge in [-0.05, 0) is 31.4 Å². The number of aromatic amines is 1. The molecule has 1 N–H and O–H groups in total. The standard InChI is InChI=1S/C14H21N3/c1-4-6-7-11(5-2)13-16-12-8-10(3)9-15-14(12)17-13/h8-9,11H,4-7H2,1-3H3,(H,15,16,17). The number of imidazole rings is 1. The molecule has 0 fully saturated rings. The molecule has 17 heavy (non-hydrogen) atoms. The van der Waals surface area contributed by atoms with Crippen LogP contribution in [0, 0.1) is 6.92 Å². The number of aromatic nitrogens is 3. The van der Waals surface area contributed by atoms with E-state index in [4.69, 9.17) is 0 Å². The maximum Gasteiger partial charge on any atom is 0.177 e. The summed E-state index contributed by atoms with van der Waals surface area (Å²) in [4.78, 5) is 12.4. The van der Waals surface area contributed by atoms with Gasteiger partial charge in [-0.15, -0.1) is 0 Å². The molecule has 0 radical (unpaired) electrons. The van der Waals surface area contributed by atoms with Crippen LogP contribution in [0.25, 0.3) is 11.2 Å². The van der Waals surface area contributed by atoms with Crippen LogP contribution in [0.4, 0.5) is 0 Å². The Balaban J connectivity index is 2.27. The maximum absolute atomic E-state index is 4.61. The van der Waals surface area contributed by atoms with Gasteiger partial charge in [-0.25, -0.2) is 9.97 Å². The topological polar surface area (TPSA) is 41.6 Å². The minimum atomic E-state index is 0.546. The van der Waals surface area contributed by atoms with Gasteiger partial charge in [0.2, 0.25) is 0 Å². The van der Waals surface area contributed by atoms with Crippen LogP contribution >= 0.6 is 0 Å². The molecule has 1 unspecified atom stereocenters. The van der Waals surface area contributed by atoms with E-state index in [1.807, 2.05) is 6.20 Å². The molecule has 0 aromatic carbocycles. The number of aryl methyl sites for hydroxylation is 1. The highest BCUT2D eigenvalue weighted by Gasteiger charge is 2.13. The van der Waals surface area contributed by atoms with Crippen molar-refractivity contribution in [1.29, 1.82) is 0 Å². The molecule has 1 atom stereocenters. The van der Waals surface area contributed by atoms with Gasteiger partial charge in [0.15, 0.2) is 5.65 Å². The van der Waals surface area contributed by atoms with Gasteiger partial charge in [-0.1, -0.05) is 26.7 Å². The highest BCUT2D eigenvalue weighted by atomic mass is 15.0. The van der Waals surface area contributed by atoms with Gasteiger partial charge in [0.25, 0.3) is 0 Å². The van der Waals surface area contributed by atoms with Crippen LogP contribution in [-0.2, 0) is 0 Å².